The Morgan fingerprint density at radius 3 is 2.89 bits per heavy atom. The van der Waals surface area contributed by atoms with Gasteiger partial charge < -0.3 is 5.32 Å². The van der Waals surface area contributed by atoms with E-state index in [2.05, 4.69) is 27.2 Å². The molecule has 0 aliphatic heterocycles. The van der Waals surface area contributed by atoms with E-state index in [0.717, 1.165) is 30.7 Å². The van der Waals surface area contributed by atoms with Crippen LogP contribution in [-0.2, 0) is 0 Å². The molecule has 1 unspecified atom stereocenters. The maximum Gasteiger partial charge on any atom is 0.180 e. The zero-order valence-corrected chi connectivity index (χ0v) is 11.2. The highest BCUT2D eigenvalue weighted by Gasteiger charge is 2.06. The molecule has 0 fully saturated rings. The lowest BCUT2D eigenvalue weighted by molar-refractivity contribution is 0.521. The average Bonchev–Trinajstić information content (AvgIpc) is 2.43. The first kappa shape index (κ1) is 13.0. The monoisotopic (exact) mass is 264 g/mol. The normalized spacial score (nSPS) is 12.6. The fourth-order valence-electron chi connectivity index (χ4n) is 1.81. The lowest BCUT2D eigenvalue weighted by atomic mass is 10.0. The third kappa shape index (κ3) is 3.29. The van der Waals surface area contributed by atoms with E-state index in [-0.39, 0.29) is 0 Å². The van der Waals surface area contributed by atoms with Crippen LogP contribution in [0.1, 0.15) is 19.8 Å². The van der Waals surface area contributed by atoms with Crippen LogP contribution in [0.2, 0.25) is 0 Å². The molecule has 1 atom stereocenters. The number of rotatable bonds is 6. The van der Waals surface area contributed by atoms with E-state index < -0.39 is 0 Å². The van der Waals surface area contributed by atoms with Gasteiger partial charge in [-0.25, -0.2) is 9.97 Å². The van der Waals surface area contributed by atoms with Crippen LogP contribution in [0.15, 0.2) is 24.5 Å². The van der Waals surface area contributed by atoms with Crippen LogP contribution in [0, 0.1) is 5.92 Å². The highest BCUT2D eigenvalue weighted by atomic mass is 35.5. The van der Waals surface area contributed by atoms with Crippen LogP contribution in [0.25, 0.3) is 11.2 Å². The zero-order valence-electron chi connectivity index (χ0n) is 10.4. The van der Waals surface area contributed by atoms with Crippen LogP contribution in [0.3, 0.4) is 0 Å². The molecule has 2 aromatic heterocycles. The lowest BCUT2D eigenvalue weighted by Crippen LogP contribution is -2.14. The maximum atomic E-state index is 5.77. The molecule has 0 spiro atoms. The first-order valence-corrected chi connectivity index (χ1v) is 6.74. The number of nitrogens with one attached hydrogen (secondary N) is 1. The second kappa shape index (κ2) is 6.50. The maximum absolute atomic E-state index is 5.77. The SMILES string of the molecule is CCC(CCCl)CNc1ccc2nccnc2n1. The molecule has 0 aromatic carbocycles. The predicted octanol–water partition coefficient (Wildman–Crippen LogP) is 3.09. The Kier molecular flexibility index (Phi) is 4.70. The number of fused-ring (bicyclic) bond motifs is 1. The van der Waals surface area contributed by atoms with Crippen molar-refractivity contribution in [3.63, 3.8) is 0 Å². The van der Waals surface area contributed by atoms with Gasteiger partial charge in [0.1, 0.15) is 11.3 Å². The summed E-state index contributed by atoms with van der Waals surface area (Å²) in [6.45, 7) is 3.07. The number of hydrogen-bond acceptors (Lipinski definition) is 4. The van der Waals surface area contributed by atoms with Gasteiger partial charge in [0.05, 0.1) is 0 Å². The summed E-state index contributed by atoms with van der Waals surface area (Å²) in [6, 6.07) is 3.87. The summed E-state index contributed by atoms with van der Waals surface area (Å²) in [4.78, 5) is 12.8. The summed E-state index contributed by atoms with van der Waals surface area (Å²) >= 11 is 5.77. The molecule has 2 aromatic rings. The van der Waals surface area contributed by atoms with Crippen molar-refractivity contribution in [2.75, 3.05) is 17.7 Å². The first-order valence-electron chi connectivity index (χ1n) is 6.21. The minimum absolute atomic E-state index is 0.585. The largest absolute Gasteiger partial charge is 0.370 e. The molecule has 96 valence electrons. The zero-order chi connectivity index (χ0) is 12.8. The minimum atomic E-state index is 0.585. The second-order valence-electron chi connectivity index (χ2n) is 4.23. The van der Waals surface area contributed by atoms with Gasteiger partial charge in [0.25, 0.3) is 0 Å². The molecule has 2 heterocycles. The molecular formula is C13H17ClN4. The fraction of sp³-hybridized carbons (Fsp3) is 0.462. The van der Waals surface area contributed by atoms with Gasteiger partial charge in [-0.15, -0.1) is 11.6 Å². The number of aromatic nitrogens is 3. The predicted molar refractivity (Wildman–Crippen MR) is 74.9 cm³/mol. The molecule has 0 radical (unpaired) electrons. The average molecular weight is 265 g/mol. The van der Waals surface area contributed by atoms with Crippen molar-refractivity contribution < 1.29 is 0 Å². The van der Waals surface area contributed by atoms with E-state index in [0.29, 0.717) is 17.4 Å². The van der Waals surface area contributed by atoms with Crippen molar-refractivity contribution >= 4 is 28.6 Å². The molecule has 1 N–H and O–H groups in total. The van der Waals surface area contributed by atoms with Gasteiger partial charge in [-0.05, 0) is 24.5 Å². The second-order valence-corrected chi connectivity index (χ2v) is 4.61. The van der Waals surface area contributed by atoms with Gasteiger partial charge in [-0.3, -0.25) is 4.98 Å². The van der Waals surface area contributed by atoms with E-state index in [9.17, 15) is 0 Å². The number of nitrogens with zero attached hydrogens (tertiary/aromatic N) is 3. The number of halogens is 1. The lowest BCUT2D eigenvalue weighted by Gasteiger charge is -2.14. The van der Waals surface area contributed by atoms with Gasteiger partial charge >= 0.3 is 0 Å². The molecule has 0 saturated carbocycles. The van der Waals surface area contributed by atoms with Crippen LogP contribution >= 0.6 is 11.6 Å². The Balaban J connectivity index is 2.03. The number of alkyl halides is 1. The van der Waals surface area contributed by atoms with E-state index in [1.165, 1.54) is 0 Å². The molecule has 0 amide bonds. The Morgan fingerprint density at radius 2 is 2.11 bits per heavy atom. The van der Waals surface area contributed by atoms with Gasteiger partial charge in [-0.1, -0.05) is 13.3 Å². The number of hydrogen-bond donors (Lipinski definition) is 1. The summed E-state index contributed by atoms with van der Waals surface area (Å²) in [5, 5.41) is 3.34. The summed E-state index contributed by atoms with van der Waals surface area (Å²) in [5.74, 6) is 2.13. The quantitative estimate of drug-likeness (QED) is 0.815. The highest BCUT2D eigenvalue weighted by molar-refractivity contribution is 6.17. The summed E-state index contributed by atoms with van der Waals surface area (Å²) < 4.78 is 0. The first-order chi connectivity index (χ1) is 8.83. The van der Waals surface area contributed by atoms with Crippen molar-refractivity contribution in [2.24, 2.45) is 5.92 Å². The molecule has 0 bridgehead atoms. The summed E-state index contributed by atoms with van der Waals surface area (Å²) in [5.41, 5.74) is 1.49. The van der Waals surface area contributed by atoms with Crippen LogP contribution in [0.5, 0.6) is 0 Å². The molecule has 18 heavy (non-hydrogen) atoms. The van der Waals surface area contributed by atoms with Gasteiger partial charge in [0.15, 0.2) is 5.65 Å². The number of pyridine rings is 1. The Labute approximate surface area is 112 Å². The fourth-order valence-corrected chi connectivity index (χ4v) is 2.12. The van der Waals surface area contributed by atoms with Crippen LogP contribution in [-0.4, -0.2) is 27.4 Å². The molecule has 2 rings (SSSR count). The molecular weight excluding hydrogens is 248 g/mol. The highest BCUT2D eigenvalue weighted by Crippen LogP contribution is 2.13. The van der Waals surface area contributed by atoms with Crippen molar-refractivity contribution in [1.29, 1.82) is 0 Å². The Hall–Kier alpha value is -1.42. The molecule has 0 aliphatic rings. The van der Waals surface area contributed by atoms with E-state index >= 15 is 0 Å². The van der Waals surface area contributed by atoms with Gasteiger partial charge in [-0.2, -0.15) is 0 Å². The van der Waals surface area contributed by atoms with Crippen LogP contribution in [0.4, 0.5) is 5.82 Å². The van der Waals surface area contributed by atoms with Crippen molar-refractivity contribution in [1.82, 2.24) is 15.0 Å². The Bertz CT molecular complexity index is 503. The topological polar surface area (TPSA) is 50.7 Å². The van der Waals surface area contributed by atoms with Crippen molar-refractivity contribution in [2.45, 2.75) is 19.8 Å². The summed E-state index contributed by atoms with van der Waals surface area (Å²) in [6.07, 6.45) is 5.47. The standard InChI is InChI=1S/C13H17ClN4/c1-2-10(5-6-14)9-17-12-4-3-11-13(18-12)16-8-7-15-11/h3-4,7-8,10H,2,5-6,9H2,1H3,(H,16,17,18). The number of anilines is 1. The molecule has 4 nitrogen and oxygen atoms in total. The van der Waals surface area contributed by atoms with Crippen molar-refractivity contribution in [3.05, 3.63) is 24.5 Å². The van der Waals surface area contributed by atoms with Crippen LogP contribution < -0.4 is 5.32 Å². The Morgan fingerprint density at radius 1 is 1.28 bits per heavy atom. The van der Waals surface area contributed by atoms with Crippen molar-refractivity contribution in [3.8, 4) is 0 Å². The van der Waals surface area contributed by atoms with Gasteiger partial charge in [0, 0.05) is 24.8 Å². The van der Waals surface area contributed by atoms with E-state index in [4.69, 9.17) is 11.6 Å². The molecule has 0 aliphatic carbocycles. The van der Waals surface area contributed by atoms with E-state index in [1.54, 1.807) is 12.4 Å². The van der Waals surface area contributed by atoms with Gasteiger partial charge in [0.2, 0.25) is 0 Å². The smallest absolute Gasteiger partial charge is 0.180 e. The minimum Gasteiger partial charge on any atom is -0.370 e. The molecule has 5 heteroatoms. The third-order valence-electron chi connectivity index (χ3n) is 3.00. The summed E-state index contributed by atoms with van der Waals surface area (Å²) in [7, 11) is 0. The molecule has 0 saturated heterocycles. The van der Waals surface area contributed by atoms with E-state index in [1.807, 2.05) is 12.1 Å². The third-order valence-corrected chi connectivity index (χ3v) is 3.22.